The van der Waals surface area contributed by atoms with Gasteiger partial charge in [-0.15, -0.1) is 0 Å². The molecule has 1 aromatic rings. The van der Waals surface area contributed by atoms with Gasteiger partial charge in [-0.3, -0.25) is 9.48 Å². The van der Waals surface area contributed by atoms with Gasteiger partial charge in [0.25, 0.3) is 6.43 Å². The van der Waals surface area contributed by atoms with Gasteiger partial charge in [0.15, 0.2) is 0 Å². The minimum absolute atomic E-state index is 0.115. The van der Waals surface area contributed by atoms with Gasteiger partial charge in [0.05, 0.1) is 5.69 Å². The van der Waals surface area contributed by atoms with E-state index in [1.165, 1.54) is 38.2 Å². The summed E-state index contributed by atoms with van der Waals surface area (Å²) in [6.07, 6.45) is 3.66. The molecular weight excluding hydrogens is 300 g/mol. The molecule has 4 fully saturated rings. The van der Waals surface area contributed by atoms with Crippen LogP contribution in [-0.2, 0) is 11.3 Å². The van der Waals surface area contributed by atoms with Gasteiger partial charge in [0, 0.05) is 6.04 Å². The first kappa shape index (κ1) is 15.1. The average molecular weight is 323 g/mol. The SMILES string of the molecule is Cc1cc(C(F)F)n(CC(=O)NC2C3CC4CC(C3)CC2C4)n1. The van der Waals surface area contributed by atoms with Crippen LogP contribution in [0.4, 0.5) is 8.78 Å². The molecule has 0 spiro atoms. The second-order valence-corrected chi connectivity index (χ2v) is 7.69. The molecule has 0 radical (unpaired) electrons. The largest absolute Gasteiger partial charge is 0.351 e. The molecule has 23 heavy (non-hydrogen) atoms. The Labute approximate surface area is 134 Å². The number of aryl methyl sites for hydroxylation is 1. The van der Waals surface area contributed by atoms with Crippen molar-refractivity contribution < 1.29 is 13.6 Å². The van der Waals surface area contributed by atoms with Crippen LogP contribution >= 0.6 is 0 Å². The number of halogens is 2. The predicted octanol–water partition coefficient (Wildman–Crippen LogP) is 3.07. The lowest BCUT2D eigenvalue weighted by atomic mass is 9.54. The van der Waals surface area contributed by atoms with Crippen molar-refractivity contribution in [3.05, 3.63) is 17.5 Å². The molecule has 4 saturated carbocycles. The number of alkyl halides is 2. The van der Waals surface area contributed by atoms with Crippen LogP contribution < -0.4 is 5.32 Å². The molecule has 4 aliphatic rings. The summed E-state index contributed by atoms with van der Waals surface area (Å²) in [5, 5.41) is 7.17. The summed E-state index contributed by atoms with van der Waals surface area (Å²) in [6.45, 7) is 1.55. The lowest BCUT2D eigenvalue weighted by Gasteiger charge is -2.54. The highest BCUT2D eigenvalue weighted by Gasteiger charge is 2.48. The van der Waals surface area contributed by atoms with Crippen LogP contribution in [0.15, 0.2) is 6.07 Å². The monoisotopic (exact) mass is 323 g/mol. The van der Waals surface area contributed by atoms with Crippen LogP contribution in [0.1, 0.15) is 49.9 Å². The lowest BCUT2D eigenvalue weighted by Crippen LogP contribution is -2.56. The molecule has 1 aromatic heterocycles. The predicted molar refractivity (Wildman–Crippen MR) is 80.9 cm³/mol. The average Bonchev–Trinajstić information content (AvgIpc) is 2.83. The molecule has 126 valence electrons. The maximum absolute atomic E-state index is 13.0. The third-order valence-corrected chi connectivity index (χ3v) is 6.00. The Morgan fingerprint density at radius 2 is 1.87 bits per heavy atom. The number of hydrogen-bond acceptors (Lipinski definition) is 2. The van der Waals surface area contributed by atoms with Crippen molar-refractivity contribution in [3.8, 4) is 0 Å². The number of amides is 1. The van der Waals surface area contributed by atoms with E-state index in [0.29, 0.717) is 17.5 Å². The zero-order chi connectivity index (χ0) is 16.1. The molecular formula is C17H23F2N3O. The van der Waals surface area contributed by atoms with Crippen LogP contribution in [0.5, 0.6) is 0 Å². The smallest absolute Gasteiger partial charge is 0.280 e. The van der Waals surface area contributed by atoms with Crippen LogP contribution in [0.2, 0.25) is 0 Å². The standard InChI is InChI=1S/C17H23F2N3O/c1-9-2-14(17(18)19)22(21-9)8-15(23)20-16-12-4-10-3-11(6-12)7-13(16)5-10/h2,10-13,16-17H,3-8H2,1H3,(H,20,23). The van der Waals surface area contributed by atoms with Crippen LogP contribution in [0.3, 0.4) is 0 Å². The highest BCUT2D eigenvalue weighted by Crippen LogP contribution is 2.53. The highest BCUT2D eigenvalue weighted by molar-refractivity contribution is 5.76. The van der Waals surface area contributed by atoms with Gasteiger partial charge in [-0.05, 0) is 68.8 Å². The Balaban J connectivity index is 1.43. The van der Waals surface area contributed by atoms with E-state index in [4.69, 9.17) is 0 Å². The minimum Gasteiger partial charge on any atom is -0.351 e. The van der Waals surface area contributed by atoms with Crippen molar-refractivity contribution in [3.63, 3.8) is 0 Å². The number of carbonyl (C=O) groups is 1. The Morgan fingerprint density at radius 3 is 2.43 bits per heavy atom. The molecule has 4 bridgehead atoms. The molecule has 0 aromatic carbocycles. The fraction of sp³-hybridized carbons (Fsp3) is 0.765. The first-order valence-corrected chi connectivity index (χ1v) is 8.61. The maximum atomic E-state index is 13.0. The molecule has 1 heterocycles. The number of nitrogens with one attached hydrogen (secondary N) is 1. The number of nitrogens with zero attached hydrogens (tertiary/aromatic N) is 2. The van der Waals surface area contributed by atoms with Gasteiger partial charge in [0.1, 0.15) is 12.2 Å². The fourth-order valence-electron chi connectivity index (χ4n) is 5.40. The molecule has 0 aliphatic heterocycles. The highest BCUT2D eigenvalue weighted by atomic mass is 19.3. The van der Waals surface area contributed by atoms with Gasteiger partial charge < -0.3 is 5.32 Å². The van der Waals surface area contributed by atoms with E-state index in [9.17, 15) is 13.6 Å². The van der Waals surface area contributed by atoms with Gasteiger partial charge in [-0.1, -0.05) is 0 Å². The molecule has 0 saturated heterocycles. The fourth-order valence-corrected chi connectivity index (χ4v) is 5.40. The molecule has 4 nitrogen and oxygen atoms in total. The normalized spacial score (nSPS) is 35.0. The van der Waals surface area contributed by atoms with Crippen molar-refractivity contribution in [2.24, 2.45) is 23.7 Å². The zero-order valence-electron chi connectivity index (χ0n) is 13.3. The van der Waals surface area contributed by atoms with E-state index in [1.807, 2.05) is 0 Å². The summed E-state index contributed by atoms with van der Waals surface area (Å²) in [7, 11) is 0. The summed E-state index contributed by atoms with van der Waals surface area (Å²) in [5.41, 5.74) is 0.338. The molecule has 1 amide bonds. The number of rotatable bonds is 4. The van der Waals surface area contributed by atoms with Crippen molar-refractivity contribution >= 4 is 5.91 Å². The van der Waals surface area contributed by atoms with Gasteiger partial charge >= 0.3 is 0 Å². The van der Waals surface area contributed by atoms with Crippen LogP contribution in [0.25, 0.3) is 0 Å². The van der Waals surface area contributed by atoms with E-state index in [0.717, 1.165) is 16.5 Å². The molecule has 4 aliphatic carbocycles. The molecule has 5 rings (SSSR count). The topological polar surface area (TPSA) is 46.9 Å². The Morgan fingerprint density at radius 1 is 1.26 bits per heavy atom. The quantitative estimate of drug-likeness (QED) is 0.925. The first-order chi connectivity index (χ1) is 11.0. The Bertz CT molecular complexity index is 585. The summed E-state index contributed by atoms with van der Waals surface area (Å²) < 4.78 is 27.1. The van der Waals surface area contributed by atoms with E-state index in [2.05, 4.69) is 10.4 Å². The number of hydrogen-bond donors (Lipinski definition) is 1. The summed E-state index contributed by atoms with van der Waals surface area (Å²) in [5.74, 6) is 2.69. The number of carbonyl (C=O) groups excluding carboxylic acids is 1. The second-order valence-electron chi connectivity index (χ2n) is 7.69. The molecule has 0 unspecified atom stereocenters. The van der Waals surface area contributed by atoms with E-state index in [1.54, 1.807) is 6.92 Å². The van der Waals surface area contributed by atoms with Crippen molar-refractivity contribution in [1.82, 2.24) is 15.1 Å². The third-order valence-electron chi connectivity index (χ3n) is 6.00. The van der Waals surface area contributed by atoms with Crippen LogP contribution in [-0.4, -0.2) is 21.7 Å². The van der Waals surface area contributed by atoms with Crippen molar-refractivity contribution in [2.75, 3.05) is 0 Å². The Hall–Kier alpha value is -1.46. The molecule has 1 N–H and O–H groups in total. The molecule has 6 heteroatoms. The van der Waals surface area contributed by atoms with E-state index < -0.39 is 6.43 Å². The lowest BCUT2D eigenvalue weighted by molar-refractivity contribution is -0.125. The van der Waals surface area contributed by atoms with Gasteiger partial charge in [0.2, 0.25) is 5.91 Å². The first-order valence-electron chi connectivity index (χ1n) is 8.61. The van der Waals surface area contributed by atoms with Gasteiger partial charge in [-0.2, -0.15) is 5.10 Å². The van der Waals surface area contributed by atoms with E-state index >= 15 is 0 Å². The van der Waals surface area contributed by atoms with E-state index in [-0.39, 0.29) is 24.2 Å². The summed E-state index contributed by atoms with van der Waals surface area (Å²) >= 11 is 0. The number of aromatic nitrogens is 2. The molecule has 0 atom stereocenters. The zero-order valence-corrected chi connectivity index (χ0v) is 13.3. The summed E-state index contributed by atoms with van der Waals surface area (Å²) in [4.78, 5) is 12.4. The summed E-state index contributed by atoms with van der Waals surface area (Å²) in [6, 6.07) is 1.59. The van der Waals surface area contributed by atoms with Gasteiger partial charge in [-0.25, -0.2) is 8.78 Å². The van der Waals surface area contributed by atoms with Crippen LogP contribution in [0, 0.1) is 30.6 Å². The minimum atomic E-state index is -2.61. The third kappa shape index (κ3) is 2.76. The van der Waals surface area contributed by atoms with Crippen molar-refractivity contribution in [1.29, 1.82) is 0 Å². The second kappa shape index (κ2) is 5.56. The maximum Gasteiger partial charge on any atom is 0.280 e. The Kier molecular flexibility index (Phi) is 3.65. The van der Waals surface area contributed by atoms with Crippen molar-refractivity contribution in [2.45, 2.75) is 58.0 Å².